The van der Waals surface area contributed by atoms with Crippen LogP contribution in [0.2, 0.25) is 0 Å². The zero-order valence-corrected chi connectivity index (χ0v) is 8.01. The van der Waals surface area contributed by atoms with E-state index in [0.29, 0.717) is 12.0 Å². The zero-order valence-electron chi connectivity index (χ0n) is 8.01. The van der Waals surface area contributed by atoms with Gasteiger partial charge in [-0.3, -0.25) is 4.79 Å². The molecule has 2 aliphatic rings. The first-order valence-corrected chi connectivity index (χ1v) is 5.34. The number of carbonyl (C=O) groups is 1. The maximum absolute atomic E-state index is 11.5. The lowest BCUT2D eigenvalue weighted by Gasteiger charge is -2.28. The van der Waals surface area contributed by atoms with Crippen LogP contribution >= 0.6 is 0 Å². The van der Waals surface area contributed by atoms with Crippen molar-refractivity contribution in [3.8, 4) is 0 Å². The van der Waals surface area contributed by atoms with E-state index >= 15 is 0 Å². The quantitative estimate of drug-likeness (QED) is 0.673. The summed E-state index contributed by atoms with van der Waals surface area (Å²) in [6.07, 6.45) is 5.93. The van der Waals surface area contributed by atoms with Gasteiger partial charge in [0.25, 0.3) is 0 Å². The third-order valence-electron chi connectivity index (χ3n) is 3.10. The lowest BCUT2D eigenvalue weighted by Crippen LogP contribution is -2.57. The molecule has 1 aliphatic heterocycles. The average Bonchev–Trinajstić information content (AvgIpc) is 2.49. The molecule has 1 saturated heterocycles. The van der Waals surface area contributed by atoms with Gasteiger partial charge in [-0.2, -0.15) is 0 Å². The minimum Gasteiger partial charge on any atom is -0.351 e. The van der Waals surface area contributed by atoms with E-state index in [1.165, 1.54) is 25.7 Å². The number of hydrogen-bond acceptors (Lipinski definition) is 2. The first-order valence-electron chi connectivity index (χ1n) is 5.34. The third kappa shape index (κ3) is 2.44. The summed E-state index contributed by atoms with van der Waals surface area (Å²) in [4.78, 5) is 11.5. The van der Waals surface area contributed by atoms with Crippen molar-refractivity contribution in [3.63, 3.8) is 0 Å². The molecule has 0 unspecified atom stereocenters. The fourth-order valence-corrected chi connectivity index (χ4v) is 2.15. The SMILES string of the molecule is O=C(CC1CCCC1)NC1CNC1. The highest BCUT2D eigenvalue weighted by molar-refractivity contribution is 5.76. The summed E-state index contributed by atoms with van der Waals surface area (Å²) in [5.41, 5.74) is 0. The van der Waals surface area contributed by atoms with E-state index in [1.807, 2.05) is 0 Å². The minimum absolute atomic E-state index is 0.262. The lowest BCUT2D eigenvalue weighted by atomic mass is 10.0. The molecule has 1 saturated carbocycles. The van der Waals surface area contributed by atoms with Gasteiger partial charge in [0, 0.05) is 19.5 Å². The first-order chi connectivity index (χ1) is 6.34. The Morgan fingerprint density at radius 1 is 1.31 bits per heavy atom. The van der Waals surface area contributed by atoms with Crippen LogP contribution in [0.5, 0.6) is 0 Å². The molecule has 0 atom stereocenters. The van der Waals surface area contributed by atoms with Gasteiger partial charge < -0.3 is 10.6 Å². The van der Waals surface area contributed by atoms with Gasteiger partial charge in [0.2, 0.25) is 5.91 Å². The molecule has 2 fully saturated rings. The van der Waals surface area contributed by atoms with E-state index in [2.05, 4.69) is 10.6 Å². The van der Waals surface area contributed by atoms with E-state index in [9.17, 15) is 4.79 Å². The highest BCUT2D eigenvalue weighted by Crippen LogP contribution is 2.27. The Morgan fingerprint density at radius 3 is 2.54 bits per heavy atom. The van der Waals surface area contributed by atoms with E-state index < -0.39 is 0 Å². The number of carbonyl (C=O) groups excluding carboxylic acids is 1. The van der Waals surface area contributed by atoms with Crippen molar-refractivity contribution in [2.75, 3.05) is 13.1 Å². The Kier molecular flexibility index (Phi) is 2.83. The summed E-state index contributed by atoms with van der Waals surface area (Å²) in [5.74, 6) is 0.937. The van der Waals surface area contributed by atoms with Crippen LogP contribution in [0, 0.1) is 5.92 Å². The van der Waals surface area contributed by atoms with Crippen LogP contribution < -0.4 is 10.6 Å². The Hall–Kier alpha value is -0.570. The van der Waals surface area contributed by atoms with Gasteiger partial charge in [-0.25, -0.2) is 0 Å². The number of nitrogens with one attached hydrogen (secondary N) is 2. The van der Waals surface area contributed by atoms with Crippen LogP contribution in [0.15, 0.2) is 0 Å². The molecule has 0 aromatic rings. The molecule has 1 aliphatic carbocycles. The van der Waals surface area contributed by atoms with Crippen LogP contribution in [-0.2, 0) is 4.79 Å². The van der Waals surface area contributed by atoms with Crippen molar-refractivity contribution in [3.05, 3.63) is 0 Å². The van der Waals surface area contributed by atoms with Crippen molar-refractivity contribution in [1.82, 2.24) is 10.6 Å². The van der Waals surface area contributed by atoms with Crippen LogP contribution in [0.3, 0.4) is 0 Å². The summed E-state index contributed by atoms with van der Waals surface area (Å²) < 4.78 is 0. The van der Waals surface area contributed by atoms with Crippen molar-refractivity contribution in [2.45, 2.75) is 38.1 Å². The predicted molar refractivity (Wildman–Crippen MR) is 51.4 cm³/mol. The van der Waals surface area contributed by atoms with Gasteiger partial charge in [-0.1, -0.05) is 12.8 Å². The standard InChI is InChI=1S/C10H18N2O/c13-10(12-9-6-11-7-9)5-8-3-1-2-4-8/h8-9,11H,1-7H2,(H,12,13). The van der Waals surface area contributed by atoms with Gasteiger partial charge in [0.1, 0.15) is 0 Å². The van der Waals surface area contributed by atoms with Gasteiger partial charge in [-0.05, 0) is 18.8 Å². The molecule has 0 aromatic heterocycles. The highest BCUT2D eigenvalue weighted by atomic mass is 16.1. The summed E-state index contributed by atoms with van der Waals surface area (Å²) in [5, 5.41) is 6.19. The fourth-order valence-electron chi connectivity index (χ4n) is 2.15. The van der Waals surface area contributed by atoms with Gasteiger partial charge in [0.15, 0.2) is 0 Å². The molecule has 2 N–H and O–H groups in total. The normalized spacial score (nSPS) is 24.3. The second-order valence-electron chi connectivity index (χ2n) is 4.28. The molecule has 0 spiro atoms. The summed E-state index contributed by atoms with van der Waals surface area (Å²) >= 11 is 0. The Bertz CT molecular complexity index is 183. The molecule has 0 aromatic carbocycles. The number of rotatable bonds is 3. The van der Waals surface area contributed by atoms with Crippen LogP contribution in [0.1, 0.15) is 32.1 Å². The van der Waals surface area contributed by atoms with Crippen molar-refractivity contribution >= 4 is 5.91 Å². The van der Waals surface area contributed by atoms with Crippen molar-refractivity contribution in [1.29, 1.82) is 0 Å². The first kappa shape index (κ1) is 9.00. The Labute approximate surface area is 79.3 Å². The largest absolute Gasteiger partial charge is 0.351 e. The lowest BCUT2D eigenvalue weighted by molar-refractivity contribution is -0.123. The maximum Gasteiger partial charge on any atom is 0.220 e. The monoisotopic (exact) mass is 182 g/mol. The molecule has 3 heteroatoms. The highest BCUT2D eigenvalue weighted by Gasteiger charge is 2.22. The summed E-state index contributed by atoms with van der Waals surface area (Å²) in [6.45, 7) is 1.91. The van der Waals surface area contributed by atoms with E-state index in [4.69, 9.17) is 0 Å². The Balaban J connectivity index is 1.64. The molecule has 74 valence electrons. The summed E-state index contributed by atoms with van der Waals surface area (Å²) in [7, 11) is 0. The third-order valence-corrected chi connectivity index (χ3v) is 3.10. The van der Waals surface area contributed by atoms with Crippen LogP contribution in [0.25, 0.3) is 0 Å². The zero-order chi connectivity index (χ0) is 9.10. The molecule has 2 rings (SSSR count). The molecule has 1 amide bonds. The van der Waals surface area contributed by atoms with Gasteiger partial charge in [-0.15, -0.1) is 0 Å². The van der Waals surface area contributed by atoms with E-state index in [-0.39, 0.29) is 5.91 Å². The molecule has 0 bridgehead atoms. The molecule has 13 heavy (non-hydrogen) atoms. The number of amides is 1. The smallest absolute Gasteiger partial charge is 0.220 e. The van der Waals surface area contributed by atoms with E-state index in [0.717, 1.165) is 19.5 Å². The average molecular weight is 182 g/mol. The fraction of sp³-hybridized carbons (Fsp3) is 0.900. The van der Waals surface area contributed by atoms with E-state index in [1.54, 1.807) is 0 Å². The molecule has 0 radical (unpaired) electrons. The topological polar surface area (TPSA) is 41.1 Å². The Morgan fingerprint density at radius 2 is 2.00 bits per heavy atom. The maximum atomic E-state index is 11.5. The molecular weight excluding hydrogens is 164 g/mol. The molecule has 1 heterocycles. The van der Waals surface area contributed by atoms with Crippen molar-refractivity contribution in [2.24, 2.45) is 5.92 Å². The van der Waals surface area contributed by atoms with Crippen LogP contribution in [-0.4, -0.2) is 25.0 Å². The van der Waals surface area contributed by atoms with Gasteiger partial charge >= 0.3 is 0 Å². The summed E-state index contributed by atoms with van der Waals surface area (Å²) in [6, 6.07) is 0.411. The van der Waals surface area contributed by atoms with Crippen LogP contribution in [0.4, 0.5) is 0 Å². The number of hydrogen-bond donors (Lipinski definition) is 2. The van der Waals surface area contributed by atoms with Crippen molar-refractivity contribution < 1.29 is 4.79 Å². The second kappa shape index (κ2) is 4.09. The molecule has 3 nitrogen and oxygen atoms in total. The van der Waals surface area contributed by atoms with Gasteiger partial charge in [0.05, 0.1) is 6.04 Å². The second-order valence-corrected chi connectivity index (χ2v) is 4.28. The minimum atomic E-state index is 0.262. The predicted octanol–water partition coefficient (Wildman–Crippen LogP) is 0.655. The molecular formula is C10H18N2O.